The van der Waals surface area contributed by atoms with Crippen LogP contribution in [0, 0.1) is 0 Å². The fourth-order valence-electron chi connectivity index (χ4n) is 1.22. The first kappa shape index (κ1) is 10.6. The van der Waals surface area contributed by atoms with Crippen molar-refractivity contribution in [2.75, 3.05) is 0 Å². The molecule has 0 aliphatic rings. The van der Waals surface area contributed by atoms with Gasteiger partial charge in [0.05, 0.1) is 0 Å². The van der Waals surface area contributed by atoms with Gasteiger partial charge in [-0.05, 0) is 18.6 Å². The predicted octanol–water partition coefficient (Wildman–Crippen LogP) is 1.02. The number of aryl methyl sites for hydroxylation is 1. The third kappa shape index (κ3) is 2.34. The Labute approximate surface area is 93.1 Å². The van der Waals surface area contributed by atoms with Crippen molar-refractivity contribution in [1.82, 2.24) is 19.7 Å². The third-order valence-corrected chi connectivity index (χ3v) is 2.06. The van der Waals surface area contributed by atoms with Gasteiger partial charge in [-0.25, -0.2) is 4.98 Å². The molecule has 2 aromatic rings. The Bertz CT molecular complexity index is 480. The molecule has 0 fully saturated rings. The molecule has 2 N–H and O–H groups in total. The fourth-order valence-corrected chi connectivity index (χ4v) is 1.22. The van der Waals surface area contributed by atoms with Gasteiger partial charge in [0.1, 0.15) is 6.33 Å². The van der Waals surface area contributed by atoms with E-state index in [2.05, 4.69) is 15.1 Å². The van der Waals surface area contributed by atoms with Crippen molar-refractivity contribution in [1.29, 1.82) is 0 Å². The molecule has 0 saturated heterocycles. The first-order valence-corrected chi connectivity index (χ1v) is 4.90. The van der Waals surface area contributed by atoms with Gasteiger partial charge in [-0.3, -0.25) is 4.68 Å². The van der Waals surface area contributed by atoms with Crippen LogP contribution in [0.1, 0.15) is 18.5 Å². The number of nitrogens with two attached hydrogens (primary N) is 1. The monoisotopic (exact) mass is 219 g/mol. The number of ether oxygens (including phenoxy) is 1. The maximum absolute atomic E-state index is 5.76. The summed E-state index contributed by atoms with van der Waals surface area (Å²) in [7, 11) is 1.77. The number of hydrogen-bond acceptors (Lipinski definition) is 5. The van der Waals surface area contributed by atoms with E-state index in [0.29, 0.717) is 5.88 Å². The van der Waals surface area contributed by atoms with Gasteiger partial charge in [0.25, 0.3) is 0 Å². The molecule has 2 aromatic heterocycles. The lowest BCUT2D eigenvalue weighted by molar-refractivity contribution is 0.421. The van der Waals surface area contributed by atoms with Gasteiger partial charge < -0.3 is 10.5 Å². The highest BCUT2D eigenvalue weighted by Crippen LogP contribution is 2.18. The molecule has 0 aromatic carbocycles. The van der Waals surface area contributed by atoms with E-state index < -0.39 is 0 Å². The molecule has 6 heteroatoms. The van der Waals surface area contributed by atoms with E-state index in [-0.39, 0.29) is 12.1 Å². The Balaban J connectivity index is 2.18. The predicted molar refractivity (Wildman–Crippen MR) is 57.9 cm³/mol. The van der Waals surface area contributed by atoms with Crippen LogP contribution in [0.2, 0.25) is 0 Å². The Hall–Kier alpha value is -1.95. The number of hydrogen-bond donors (Lipinski definition) is 1. The van der Waals surface area contributed by atoms with Crippen LogP contribution in [0.25, 0.3) is 0 Å². The van der Waals surface area contributed by atoms with Crippen LogP contribution in [0.5, 0.6) is 11.9 Å². The van der Waals surface area contributed by atoms with E-state index in [0.717, 1.165) is 5.56 Å². The van der Waals surface area contributed by atoms with Crippen molar-refractivity contribution in [2.24, 2.45) is 12.8 Å². The molecule has 2 rings (SSSR count). The van der Waals surface area contributed by atoms with Crippen LogP contribution in [0.4, 0.5) is 0 Å². The maximum atomic E-state index is 5.76. The number of rotatable bonds is 3. The van der Waals surface area contributed by atoms with Crippen LogP contribution in [0.15, 0.2) is 24.7 Å². The summed E-state index contributed by atoms with van der Waals surface area (Å²) in [5.74, 6) is 0.445. The van der Waals surface area contributed by atoms with Gasteiger partial charge in [0, 0.05) is 25.4 Å². The Morgan fingerprint density at radius 1 is 1.44 bits per heavy atom. The van der Waals surface area contributed by atoms with Crippen LogP contribution in [0.3, 0.4) is 0 Å². The minimum absolute atomic E-state index is 0.0537. The van der Waals surface area contributed by atoms with E-state index >= 15 is 0 Å². The van der Waals surface area contributed by atoms with Crippen molar-refractivity contribution in [2.45, 2.75) is 13.0 Å². The van der Waals surface area contributed by atoms with Crippen LogP contribution in [-0.2, 0) is 7.05 Å². The molecule has 0 aliphatic carbocycles. The molecule has 0 radical (unpaired) electrons. The Morgan fingerprint density at radius 2 is 2.25 bits per heavy atom. The molecule has 0 bridgehead atoms. The van der Waals surface area contributed by atoms with Crippen molar-refractivity contribution in [3.8, 4) is 11.9 Å². The van der Waals surface area contributed by atoms with Gasteiger partial charge in [-0.1, -0.05) is 0 Å². The molecule has 0 amide bonds. The normalized spacial score (nSPS) is 12.4. The first-order chi connectivity index (χ1) is 7.65. The van der Waals surface area contributed by atoms with E-state index in [9.17, 15) is 0 Å². The molecule has 0 unspecified atom stereocenters. The van der Waals surface area contributed by atoms with Crippen molar-refractivity contribution < 1.29 is 4.74 Å². The highest BCUT2D eigenvalue weighted by atomic mass is 16.5. The summed E-state index contributed by atoms with van der Waals surface area (Å²) < 4.78 is 6.94. The molecule has 2 heterocycles. The van der Waals surface area contributed by atoms with Gasteiger partial charge in [0.2, 0.25) is 5.88 Å². The average Bonchev–Trinajstić information content (AvgIpc) is 2.64. The summed E-state index contributed by atoms with van der Waals surface area (Å²) in [5, 5.41) is 3.99. The number of aromatic nitrogens is 4. The van der Waals surface area contributed by atoms with Crippen molar-refractivity contribution >= 4 is 0 Å². The lowest BCUT2D eigenvalue weighted by Crippen LogP contribution is -2.05. The number of pyridine rings is 1. The highest BCUT2D eigenvalue weighted by Gasteiger charge is 2.05. The first-order valence-electron chi connectivity index (χ1n) is 4.90. The van der Waals surface area contributed by atoms with Gasteiger partial charge >= 0.3 is 6.01 Å². The Morgan fingerprint density at radius 3 is 2.88 bits per heavy atom. The zero-order chi connectivity index (χ0) is 11.5. The quantitative estimate of drug-likeness (QED) is 0.833. The summed E-state index contributed by atoms with van der Waals surface area (Å²) in [5.41, 5.74) is 6.72. The molecule has 0 saturated carbocycles. The second-order valence-electron chi connectivity index (χ2n) is 3.52. The summed E-state index contributed by atoms with van der Waals surface area (Å²) >= 11 is 0. The highest BCUT2D eigenvalue weighted by molar-refractivity contribution is 5.24. The molecule has 1 atom stereocenters. The molecular formula is C10H13N5O. The van der Waals surface area contributed by atoms with Crippen molar-refractivity contribution in [3.63, 3.8) is 0 Å². The van der Waals surface area contributed by atoms with E-state index in [1.54, 1.807) is 30.3 Å². The van der Waals surface area contributed by atoms with E-state index in [1.807, 2.05) is 13.0 Å². The summed E-state index contributed by atoms with van der Waals surface area (Å²) in [4.78, 5) is 8.00. The molecular weight excluding hydrogens is 206 g/mol. The number of nitrogens with zero attached hydrogens (tertiary/aromatic N) is 4. The molecule has 0 spiro atoms. The molecule has 16 heavy (non-hydrogen) atoms. The minimum atomic E-state index is -0.0537. The zero-order valence-corrected chi connectivity index (χ0v) is 9.16. The van der Waals surface area contributed by atoms with Gasteiger partial charge in [0.15, 0.2) is 0 Å². The summed E-state index contributed by atoms with van der Waals surface area (Å²) in [6.45, 7) is 1.90. The molecule has 84 valence electrons. The third-order valence-electron chi connectivity index (χ3n) is 2.06. The minimum Gasteiger partial charge on any atom is -0.404 e. The zero-order valence-electron chi connectivity index (χ0n) is 9.16. The maximum Gasteiger partial charge on any atom is 0.342 e. The average molecular weight is 219 g/mol. The standard InChI is InChI=1S/C10H13N5O/c1-7(11)8-3-4-12-9(5-8)16-10-13-6-15(2)14-10/h3-7H,11H2,1-2H3/t7-/m1/s1. The molecule has 0 aliphatic heterocycles. The fraction of sp³-hybridized carbons (Fsp3) is 0.300. The van der Waals surface area contributed by atoms with Gasteiger partial charge in [-0.15, -0.1) is 5.10 Å². The van der Waals surface area contributed by atoms with Crippen LogP contribution in [-0.4, -0.2) is 19.7 Å². The topological polar surface area (TPSA) is 78.9 Å². The van der Waals surface area contributed by atoms with Crippen LogP contribution >= 0.6 is 0 Å². The second kappa shape index (κ2) is 4.28. The Kier molecular flexibility index (Phi) is 2.82. The van der Waals surface area contributed by atoms with Crippen molar-refractivity contribution in [3.05, 3.63) is 30.2 Å². The summed E-state index contributed by atoms with van der Waals surface area (Å²) in [6, 6.07) is 3.85. The SMILES string of the molecule is C[C@@H](N)c1ccnc(Oc2ncn(C)n2)c1. The van der Waals surface area contributed by atoms with Crippen LogP contribution < -0.4 is 10.5 Å². The second-order valence-corrected chi connectivity index (χ2v) is 3.52. The van der Waals surface area contributed by atoms with E-state index in [1.165, 1.54) is 0 Å². The smallest absolute Gasteiger partial charge is 0.342 e. The largest absolute Gasteiger partial charge is 0.404 e. The molecule has 6 nitrogen and oxygen atoms in total. The summed E-state index contributed by atoms with van der Waals surface area (Å²) in [6.07, 6.45) is 3.21. The lowest BCUT2D eigenvalue weighted by atomic mass is 10.1. The van der Waals surface area contributed by atoms with E-state index in [4.69, 9.17) is 10.5 Å². The van der Waals surface area contributed by atoms with Gasteiger partial charge in [-0.2, -0.15) is 4.98 Å². The lowest BCUT2D eigenvalue weighted by Gasteiger charge is -2.06.